The van der Waals surface area contributed by atoms with Gasteiger partial charge in [-0.15, -0.1) is 0 Å². The lowest BCUT2D eigenvalue weighted by atomic mass is 9.86. The Balaban J connectivity index is 2.09. The van der Waals surface area contributed by atoms with Gasteiger partial charge in [-0.2, -0.15) is 5.26 Å². The molecule has 1 amide bonds. The quantitative estimate of drug-likeness (QED) is 0.709. The molecule has 1 aliphatic carbocycles. The minimum atomic E-state index is -0.513. The number of hydrogen-bond donors (Lipinski definition) is 1. The average Bonchev–Trinajstić information content (AvgIpc) is 2.87. The van der Waals surface area contributed by atoms with Gasteiger partial charge >= 0.3 is 0 Å². The zero-order valence-corrected chi connectivity index (χ0v) is 10.1. The lowest BCUT2D eigenvalue weighted by Crippen LogP contribution is -2.52. The van der Waals surface area contributed by atoms with Crippen LogP contribution in [0.15, 0.2) is 0 Å². The van der Waals surface area contributed by atoms with E-state index >= 15 is 0 Å². The molecule has 2 aliphatic rings. The molecule has 16 heavy (non-hydrogen) atoms. The van der Waals surface area contributed by atoms with E-state index in [9.17, 15) is 4.79 Å². The van der Waals surface area contributed by atoms with Crippen LogP contribution in [0.1, 0.15) is 27.2 Å². The molecule has 0 unspecified atom stereocenters. The Bertz CT molecular complexity index is 352. The number of amides is 1. The molecule has 0 aromatic heterocycles. The van der Waals surface area contributed by atoms with Gasteiger partial charge in [-0.1, -0.05) is 20.8 Å². The summed E-state index contributed by atoms with van der Waals surface area (Å²) in [7, 11) is 0. The third-order valence-electron chi connectivity index (χ3n) is 3.76. The fourth-order valence-corrected chi connectivity index (χ4v) is 2.41. The van der Waals surface area contributed by atoms with E-state index in [1.54, 1.807) is 4.90 Å². The molecule has 4 atom stereocenters. The van der Waals surface area contributed by atoms with Crippen molar-refractivity contribution < 1.29 is 4.79 Å². The molecule has 0 bridgehead atoms. The van der Waals surface area contributed by atoms with Crippen molar-refractivity contribution in [3.63, 3.8) is 0 Å². The van der Waals surface area contributed by atoms with Crippen LogP contribution in [0.4, 0.5) is 0 Å². The number of likely N-dealkylation sites (tertiary alicyclic amines) is 1. The van der Waals surface area contributed by atoms with Crippen LogP contribution < -0.4 is 5.73 Å². The van der Waals surface area contributed by atoms with Gasteiger partial charge < -0.3 is 10.6 Å². The Labute approximate surface area is 96.4 Å². The van der Waals surface area contributed by atoms with Gasteiger partial charge in [0.25, 0.3) is 0 Å². The van der Waals surface area contributed by atoms with Gasteiger partial charge in [0.15, 0.2) is 0 Å². The molecule has 1 heterocycles. The molecule has 0 aromatic rings. The molecule has 0 spiro atoms. The first-order chi connectivity index (χ1) is 7.36. The predicted octanol–water partition coefficient (Wildman–Crippen LogP) is 0.730. The Kier molecular flexibility index (Phi) is 2.47. The Morgan fingerprint density at radius 1 is 1.56 bits per heavy atom. The second kappa shape index (κ2) is 3.46. The highest BCUT2D eigenvalue weighted by atomic mass is 16.2. The zero-order valence-electron chi connectivity index (χ0n) is 10.1. The highest BCUT2D eigenvalue weighted by Gasteiger charge is 2.55. The molecule has 2 rings (SSSR count). The third-order valence-corrected chi connectivity index (χ3v) is 3.76. The predicted molar refractivity (Wildman–Crippen MR) is 60.1 cm³/mol. The van der Waals surface area contributed by atoms with E-state index in [1.165, 1.54) is 0 Å². The zero-order chi connectivity index (χ0) is 12.1. The Morgan fingerprint density at radius 2 is 2.19 bits per heavy atom. The highest BCUT2D eigenvalue weighted by molar-refractivity contribution is 5.83. The smallest absolute Gasteiger partial charge is 0.241 e. The normalized spacial score (nSPS) is 34.2. The van der Waals surface area contributed by atoms with E-state index in [2.05, 4.69) is 6.07 Å². The number of fused-ring (bicyclic) bond motifs is 1. The van der Waals surface area contributed by atoms with Crippen molar-refractivity contribution in [1.82, 2.24) is 4.90 Å². The lowest BCUT2D eigenvalue weighted by molar-refractivity contribution is -0.135. The molecule has 4 heteroatoms. The van der Waals surface area contributed by atoms with Crippen molar-refractivity contribution in [2.24, 2.45) is 23.0 Å². The molecule has 1 aliphatic heterocycles. The van der Waals surface area contributed by atoms with Crippen molar-refractivity contribution in [2.75, 3.05) is 6.54 Å². The summed E-state index contributed by atoms with van der Waals surface area (Å²) in [5.41, 5.74) is 5.70. The SMILES string of the molecule is CC(C)(C)[C@H](N)C(=O)N1C[C@H]2C[C@H]2[C@H]1C#N. The number of nitrogens with zero attached hydrogens (tertiary/aromatic N) is 2. The first kappa shape index (κ1) is 11.4. The largest absolute Gasteiger partial charge is 0.325 e. The highest BCUT2D eigenvalue weighted by Crippen LogP contribution is 2.49. The first-order valence-electron chi connectivity index (χ1n) is 5.82. The molecule has 1 saturated heterocycles. The monoisotopic (exact) mass is 221 g/mol. The van der Waals surface area contributed by atoms with Gasteiger partial charge in [0.1, 0.15) is 6.04 Å². The van der Waals surface area contributed by atoms with Gasteiger partial charge in [-0.05, 0) is 23.7 Å². The van der Waals surface area contributed by atoms with Crippen molar-refractivity contribution >= 4 is 5.91 Å². The third kappa shape index (κ3) is 1.69. The van der Waals surface area contributed by atoms with Crippen LogP contribution in [0.2, 0.25) is 0 Å². The van der Waals surface area contributed by atoms with E-state index in [0.717, 1.165) is 13.0 Å². The topological polar surface area (TPSA) is 70.1 Å². The number of carbonyl (C=O) groups excluding carboxylic acids is 1. The summed E-state index contributed by atoms with van der Waals surface area (Å²) in [5.74, 6) is 0.910. The van der Waals surface area contributed by atoms with E-state index < -0.39 is 6.04 Å². The van der Waals surface area contributed by atoms with Crippen molar-refractivity contribution in [2.45, 2.75) is 39.3 Å². The molecule has 2 N–H and O–H groups in total. The maximum atomic E-state index is 12.2. The second-order valence-corrected chi connectivity index (χ2v) is 6.07. The van der Waals surface area contributed by atoms with Crippen molar-refractivity contribution in [1.29, 1.82) is 5.26 Å². The van der Waals surface area contributed by atoms with Gasteiger partial charge in [0.05, 0.1) is 12.1 Å². The standard InChI is InChI=1S/C12H19N3O/c1-12(2,3)10(14)11(16)15-6-7-4-8(7)9(15)5-13/h7-10H,4,6,14H2,1-3H3/t7-,8-,9-,10-/m1/s1. The minimum absolute atomic E-state index is 0.0637. The maximum absolute atomic E-state index is 12.2. The van der Waals surface area contributed by atoms with E-state index in [4.69, 9.17) is 11.0 Å². The van der Waals surface area contributed by atoms with Crippen LogP contribution in [-0.2, 0) is 4.79 Å². The van der Waals surface area contributed by atoms with Crippen LogP contribution in [0.5, 0.6) is 0 Å². The molecule has 0 radical (unpaired) electrons. The number of piperidine rings is 1. The molecular formula is C12H19N3O. The number of rotatable bonds is 1. The Morgan fingerprint density at radius 3 is 2.69 bits per heavy atom. The van der Waals surface area contributed by atoms with Gasteiger partial charge in [-0.3, -0.25) is 4.79 Å². The van der Waals surface area contributed by atoms with Crippen LogP contribution in [0.3, 0.4) is 0 Å². The van der Waals surface area contributed by atoms with Crippen molar-refractivity contribution in [3.8, 4) is 6.07 Å². The summed E-state index contributed by atoms with van der Waals surface area (Å²) in [4.78, 5) is 13.9. The molecule has 88 valence electrons. The van der Waals surface area contributed by atoms with Crippen LogP contribution in [0.25, 0.3) is 0 Å². The summed E-state index contributed by atoms with van der Waals surface area (Å²) in [6.45, 7) is 6.58. The summed E-state index contributed by atoms with van der Waals surface area (Å²) < 4.78 is 0. The van der Waals surface area contributed by atoms with Gasteiger partial charge in [0.2, 0.25) is 5.91 Å². The number of nitriles is 1. The molecule has 1 saturated carbocycles. The maximum Gasteiger partial charge on any atom is 0.241 e. The fraction of sp³-hybridized carbons (Fsp3) is 0.833. The summed E-state index contributed by atoms with van der Waals surface area (Å²) >= 11 is 0. The summed E-state index contributed by atoms with van der Waals surface area (Å²) in [5, 5.41) is 9.08. The molecule has 4 nitrogen and oxygen atoms in total. The molecule has 2 fully saturated rings. The molecule has 0 aromatic carbocycles. The van der Waals surface area contributed by atoms with Gasteiger partial charge in [0, 0.05) is 6.54 Å². The van der Waals surface area contributed by atoms with Crippen molar-refractivity contribution in [3.05, 3.63) is 0 Å². The first-order valence-corrected chi connectivity index (χ1v) is 5.82. The van der Waals surface area contributed by atoms with Crippen LogP contribution in [0, 0.1) is 28.6 Å². The number of hydrogen-bond acceptors (Lipinski definition) is 3. The summed E-state index contributed by atoms with van der Waals surface area (Å²) in [6, 6.07) is 1.50. The second-order valence-electron chi connectivity index (χ2n) is 6.07. The van der Waals surface area contributed by atoms with Gasteiger partial charge in [-0.25, -0.2) is 0 Å². The summed E-state index contributed by atoms with van der Waals surface area (Å²) in [6.07, 6.45) is 1.10. The van der Waals surface area contributed by atoms with E-state index in [1.807, 2.05) is 20.8 Å². The minimum Gasteiger partial charge on any atom is -0.325 e. The van der Waals surface area contributed by atoms with E-state index in [0.29, 0.717) is 11.8 Å². The number of carbonyl (C=O) groups is 1. The fourth-order valence-electron chi connectivity index (χ4n) is 2.41. The average molecular weight is 221 g/mol. The number of nitrogens with two attached hydrogens (primary N) is 1. The van der Waals surface area contributed by atoms with Crippen LogP contribution >= 0.6 is 0 Å². The van der Waals surface area contributed by atoms with E-state index in [-0.39, 0.29) is 17.4 Å². The lowest BCUT2D eigenvalue weighted by Gasteiger charge is -2.32. The molecular weight excluding hydrogens is 202 g/mol. The van der Waals surface area contributed by atoms with Crippen LogP contribution in [-0.4, -0.2) is 29.4 Å². The Hall–Kier alpha value is -1.08.